The van der Waals surface area contributed by atoms with E-state index in [1.54, 1.807) is 29.0 Å². The molecule has 5 rings (SSSR count). The smallest absolute Gasteiger partial charge is 0.252 e. The Morgan fingerprint density at radius 3 is 2.55 bits per heavy atom. The molecule has 3 aromatic heterocycles. The minimum Gasteiger partial charge on any atom is -0.478 e. The molecule has 40 heavy (non-hydrogen) atoms. The van der Waals surface area contributed by atoms with E-state index in [0.717, 1.165) is 24.8 Å². The number of carbonyl (C=O) groups excluding carboxylic acids is 2. The lowest BCUT2D eigenvalue weighted by Crippen LogP contribution is -2.37. The van der Waals surface area contributed by atoms with Crippen molar-refractivity contribution in [3.8, 4) is 5.88 Å². The molecule has 2 amide bonds. The molecule has 214 valence electrons. The van der Waals surface area contributed by atoms with E-state index in [9.17, 15) is 18.4 Å². The second-order valence-electron chi connectivity index (χ2n) is 10.9. The molecular formula is C29H36F2N6O3. The Bertz CT molecular complexity index is 1350. The summed E-state index contributed by atoms with van der Waals surface area (Å²) in [6, 6.07) is 4.36. The topological polar surface area (TPSA) is 111 Å². The van der Waals surface area contributed by atoms with Crippen LogP contribution < -0.4 is 15.4 Å². The van der Waals surface area contributed by atoms with Crippen LogP contribution in [0.15, 0.2) is 36.8 Å². The van der Waals surface area contributed by atoms with E-state index in [0.29, 0.717) is 41.7 Å². The molecule has 2 aliphatic rings. The quantitative estimate of drug-likeness (QED) is 0.338. The van der Waals surface area contributed by atoms with Crippen LogP contribution in [0.2, 0.25) is 0 Å². The van der Waals surface area contributed by atoms with Gasteiger partial charge in [0.25, 0.3) is 5.91 Å². The summed E-state index contributed by atoms with van der Waals surface area (Å²) >= 11 is 0. The van der Waals surface area contributed by atoms with Gasteiger partial charge in [-0.25, -0.2) is 23.3 Å². The second-order valence-corrected chi connectivity index (χ2v) is 10.9. The van der Waals surface area contributed by atoms with Crippen molar-refractivity contribution in [1.82, 2.24) is 30.2 Å². The summed E-state index contributed by atoms with van der Waals surface area (Å²) in [5, 5.41) is 10.8. The Hall–Kier alpha value is -3.63. The number of alkyl halides is 2. The molecular weight excluding hydrogens is 518 g/mol. The maximum atomic E-state index is 14.0. The largest absolute Gasteiger partial charge is 0.478 e. The average Bonchev–Trinajstić information content (AvgIpc) is 3.69. The SMILES string of the molecule is CCCC(=O)N[C@@H](c1cnn2cc([C@@H](NC(=O)c3ccnc(OCC)c3)C3CCC(F)(F)CC3)nc2c1)C1CC1. The molecule has 2 saturated carbocycles. The molecule has 0 aliphatic heterocycles. The lowest BCUT2D eigenvalue weighted by Gasteiger charge is -2.33. The van der Waals surface area contributed by atoms with Crippen LogP contribution in [0.5, 0.6) is 5.88 Å². The normalized spacial score (nSPS) is 18.7. The van der Waals surface area contributed by atoms with Gasteiger partial charge < -0.3 is 15.4 Å². The van der Waals surface area contributed by atoms with E-state index in [4.69, 9.17) is 9.72 Å². The van der Waals surface area contributed by atoms with Gasteiger partial charge >= 0.3 is 0 Å². The third-order valence-corrected chi connectivity index (χ3v) is 7.73. The number of amides is 2. The average molecular weight is 555 g/mol. The van der Waals surface area contributed by atoms with Crippen molar-refractivity contribution < 1.29 is 23.1 Å². The fourth-order valence-electron chi connectivity index (χ4n) is 5.44. The highest BCUT2D eigenvalue weighted by atomic mass is 19.3. The van der Waals surface area contributed by atoms with Gasteiger partial charge in [0.2, 0.25) is 17.7 Å². The lowest BCUT2D eigenvalue weighted by molar-refractivity contribution is -0.122. The Morgan fingerprint density at radius 2 is 1.85 bits per heavy atom. The number of hydrogen-bond acceptors (Lipinski definition) is 6. The second kappa shape index (κ2) is 11.9. The molecule has 0 aromatic carbocycles. The van der Waals surface area contributed by atoms with Gasteiger partial charge in [-0.15, -0.1) is 0 Å². The van der Waals surface area contributed by atoms with Crippen LogP contribution in [-0.4, -0.2) is 43.9 Å². The van der Waals surface area contributed by atoms with E-state index in [2.05, 4.69) is 20.7 Å². The van der Waals surface area contributed by atoms with Crippen LogP contribution in [0.3, 0.4) is 0 Å². The molecule has 11 heteroatoms. The molecule has 2 aliphatic carbocycles. The van der Waals surface area contributed by atoms with Gasteiger partial charge in [-0.3, -0.25) is 9.59 Å². The summed E-state index contributed by atoms with van der Waals surface area (Å²) < 4.78 is 35.1. The molecule has 9 nitrogen and oxygen atoms in total. The van der Waals surface area contributed by atoms with Crippen molar-refractivity contribution in [3.63, 3.8) is 0 Å². The number of aromatic nitrogens is 4. The number of imidazole rings is 1. The van der Waals surface area contributed by atoms with Crippen LogP contribution in [-0.2, 0) is 4.79 Å². The zero-order valence-electron chi connectivity index (χ0n) is 22.9. The summed E-state index contributed by atoms with van der Waals surface area (Å²) in [7, 11) is 0. The maximum Gasteiger partial charge on any atom is 0.252 e. The molecule has 0 radical (unpaired) electrons. The maximum absolute atomic E-state index is 14.0. The van der Waals surface area contributed by atoms with Crippen LogP contribution in [0.1, 0.15) is 98.9 Å². The monoisotopic (exact) mass is 554 g/mol. The van der Waals surface area contributed by atoms with E-state index < -0.39 is 12.0 Å². The molecule has 2 N–H and O–H groups in total. The van der Waals surface area contributed by atoms with Crippen molar-refractivity contribution in [2.75, 3.05) is 6.61 Å². The highest BCUT2D eigenvalue weighted by Gasteiger charge is 2.39. The number of halogens is 2. The number of hydrogen-bond donors (Lipinski definition) is 2. The molecule has 0 saturated heterocycles. The van der Waals surface area contributed by atoms with Crippen molar-refractivity contribution in [1.29, 1.82) is 0 Å². The molecule has 0 unspecified atom stereocenters. The molecule has 0 bridgehead atoms. The number of nitrogens with one attached hydrogen (secondary N) is 2. The summed E-state index contributed by atoms with van der Waals surface area (Å²) in [6.07, 6.45) is 8.39. The first-order valence-electron chi connectivity index (χ1n) is 14.2. The third kappa shape index (κ3) is 6.56. The summed E-state index contributed by atoms with van der Waals surface area (Å²) in [5.41, 5.74) is 2.38. The van der Waals surface area contributed by atoms with E-state index in [-0.39, 0.29) is 49.5 Å². The van der Waals surface area contributed by atoms with Crippen molar-refractivity contribution in [2.45, 2.75) is 83.2 Å². The number of rotatable bonds is 11. The standard InChI is InChI=1S/C29H36F2N6O3/c1-3-5-24(38)35-26(18-6-7-18)21-14-23-34-22(17-37(23)33-16-21)27(19-8-11-29(30,31)12-9-19)36-28(39)20-10-13-32-25(15-20)40-4-2/h10,13-19,26-27H,3-9,11-12H2,1-2H3,(H,35,38)(H,36,39)/t26-,27+/m1/s1. The number of nitrogens with zero attached hydrogens (tertiary/aromatic N) is 4. The minimum atomic E-state index is -2.70. The van der Waals surface area contributed by atoms with E-state index in [1.807, 2.05) is 19.9 Å². The van der Waals surface area contributed by atoms with Gasteiger partial charge in [0, 0.05) is 37.1 Å². The Kier molecular flexibility index (Phi) is 8.27. The van der Waals surface area contributed by atoms with E-state index >= 15 is 0 Å². The van der Waals surface area contributed by atoms with Gasteiger partial charge in [0.05, 0.1) is 36.8 Å². The zero-order chi connectivity index (χ0) is 28.3. The number of fused-ring (bicyclic) bond motifs is 1. The number of carbonyl (C=O) groups is 2. The minimum absolute atomic E-state index is 0.0174. The predicted molar refractivity (Wildman–Crippen MR) is 144 cm³/mol. The number of ether oxygens (including phenoxy) is 1. The first-order chi connectivity index (χ1) is 19.3. The fraction of sp³-hybridized carbons (Fsp3) is 0.552. The number of pyridine rings is 1. The molecule has 2 fully saturated rings. The highest BCUT2D eigenvalue weighted by molar-refractivity contribution is 5.94. The van der Waals surface area contributed by atoms with Crippen LogP contribution >= 0.6 is 0 Å². The van der Waals surface area contributed by atoms with Crippen molar-refractivity contribution in [2.24, 2.45) is 11.8 Å². The van der Waals surface area contributed by atoms with Crippen LogP contribution in [0, 0.1) is 11.8 Å². The van der Waals surface area contributed by atoms with Crippen molar-refractivity contribution >= 4 is 17.5 Å². The van der Waals surface area contributed by atoms with Gasteiger partial charge in [0.1, 0.15) is 0 Å². The van der Waals surface area contributed by atoms with Gasteiger partial charge in [-0.2, -0.15) is 5.10 Å². The van der Waals surface area contributed by atoms with E-state index in [1.165, 1.54) is 6.20 Å². The third-order valence-electron chi connectivity index (χ3n) is 7.73. The Balaban J connectivity index is 1.42. The van der Waals surface area contributed by atoms with Crippen LogP contribution in [0.4, 0.5) is 8.78 Å². The lowest BCUT2D eigenvalue weighted by atomic mass is 9.81. The van der Waals surface area contributed by atoms with Gasteiger partial charge in [-0.05, 0) is 68.6 Å². The highest BCUT2D eigenvalue weighted by Crippen LogP contribution is 2.42. The fourth-order valence-corrected chi connectivity index (χ4v) is 5.44. The molecule has 2 atom stereocenters. The van der Waals surface area contributed by atoms with Gasteiger partial charge in [0.15, 0.2) is 5.65 Å². The van der Waals surface area contributed by atoms with Crippen molar-refractivity contribution in [3.05, 3.63) is 53.6 Å². The summed E-state index contributed by atoms with van der Waals surface area (Å²) in [5.74, 6) is -2.54. The molecule has 3 aromatic rings. The Morgan fingerprint density at radius 1 is 1.10 bits per heavy atom. The zero-order valence-corrected chi connectivity index (χ0v) is 22.9. The predicted octanol–water partition coefficient (Wildman–Crippen LogP) is 5.19. The summed E-state index contributed by atoms with van der Waals surface area (Å²) in [6.45, 7) is 4.22. The first kappa shape index (κ1) is 27.9. The first-order valence-corrected chi connectivity index (χ1v) is 14.2. The Labute approximate surface area is 232 Å². The molecule has 3 heterocycles. The van der Waals surface area contributed by atoms with Gasteiger partial charge in [-0.1, -0.05) is 6.92 Å². The summed E-state index contributed by atoms with van der Waals surface area (Å²) in [4.78, 5) is 34.6. The van der Waals surface area contributed by atoms with Crippen LogP contribution in [0.25, 0.3) is 5.65 Å². The molecule has 0 spiro atoms.